The Hall–Kier alpha value is -2.86. The summed E-state index contributed by atoms with van der Waals surface area (Å²) in [4.78, 5) is 23.0. The molecule has 1 aliphatic rings. The minimum absolute atomic E-state index is 0.111. The van der Waals surface area contributed by atoms with Gasteiger partial charge in [-0.2, -0.15) is 0 Å². The van der Waals surface area contributed by atoms with Crippen LogP contribution in [0.25, 0.3) is 11.0 Å². The van der Waals surface area contributed by atoms with Crippen molar-refractivity contribution in [1.29, 1.82) is 0 Å². The van der Waals surface area contributed by atoms with E-state index >= 15 is 0 Å². The quantitative estimate of drug-likeness (QED) is 0.606. The first-order valence-electron chi connectivity index (χ1n) is 10.3. The molecule has 0 aliphatic carbocycles. The summed E-state index contributed by atoms with van der Waals surface area (Å²) in [6.45, 7) is 5.23. The van der Waals surface area contributed by atoms with E-state index in [1.165, 1.54) is 5.56 Å². The number of fused-ring (bicyclic) bond motifs is 1. The highest BCUT2D eigenvalue weighted by Gasteiger charge is 2.30. The van der Waals surface area contributed by atoms with Crippen LogP contribution in [0, 0.1) is 0 Å². The Labute approximate surface area is 171 Å². The smallest absolute Gasteiger partial charge is 0.319 e. The highest BCUT2D eigenvalue weighted by molar-refractivity contribution is 5.89. The predicted octanol–water partition coefficient (Wildman–Crippen LogP) is 4.64. The van der Waals surface area contributed by atoms with Gasteiger partial charge in [0.2, 0.25) is 0 Å². The van der Waals surface area contributed by atoms with Crippen LogP contribution in [0.1, 0.15) is 50.0 Å². The first kappa shape index (κ1) is 19.5. The number of urea groups is 1. The Bertz CT molecular complexity index is 945. The van der Waals surface area contributed by atoms with Crippen LogP contribution in [0.2, 0.25) is 0 Å². The maximum atomic E-state index is 12.5. The molecule has 0 bridgehead atoms. The molecule has 1 saturated heterocycles. The van der Waals surface area contributed by atoms with Crippen molar-refractivity contribution in [1.82, 2.24) is 20.2 Å². The fourth-order valence-electron chi connectivity index (χ4n) is 3.97. The van der Waals surface area contributed by atoms with Gasteiger partial charge in [-0.05, 0) is 55.6 Å². The first-order valence-corrected chi connectivity index (χ1v) is 10.3. The van der Waals surface area contributed by atoms with Crippen molar-refractivity contribution in [3.63, 3.8) is 0 Å². The van der Waals surface area contributed by atoms with Gasteiger partial charge in [-0.3, -0.25) is 4.90 Å². The van der Waals surface area contributed by atoms with E-state index in [1.54, 1.807) is 0 Å². The number of anilines is 1. The number of hydrogen-bond donors (Lipinski definition) is 3. The van der Waals surface area contributed by atoms with Gasteiger partial charge in [0.05, 0.1) is 17.1 Å². The van der Waals surface area contributed by atoms with Crippen molar-refractivity contribution in [3.8, 4) is 0 Å². The lowest BCUT2D eigenvalue weighted by atomic mass is 9.97. The van der Waals surface area contributed by atoms with Crippen molar-refractivity contribution in [2.75, 3.05) is 18.9 Å². The SMILES string of the molecule is CC(C)c1ccc(NC(=O)N[C@@H]2CCN(C)[C@@H](c3nc4ccccc4[nH]3)C2)cc1. The molecule has 3 N–H and O–H groups in total. The molecule has 1 aliphatic heterocycles. The lowest BCUT2D eigenvalue weighted by Gasteiger charge is -2.36. The molecular weight excluding hydrogens is 362 g/mol. The number of aromatic amines is 1. The molecule has 0 spiro atoms. The number of rotatable bonds is 4. The Morgan fingerprint density at radius 1 is 1.17 bits per heavy atom. The molecule has 0 saturated carbocycles. The number of benzene rings is 2. The van der Waals surface area contributed by atoms with Gasteiger partial charge in [0.25, 0.3) is 0 Å². The number of aromatic nitrogens is 2. The van der Waals surface area contributed by atoms with Crippen LogP contribution < -0.4 is 10.6 Å². The van der Waals surface area contributed by atoms with Crippen molar-refractivity contribution in [2.45, 2.75) is 44.7 Å². The number of imidazole rings is 1. The Morgan fingerprint density at radius 2 is 1.93 bits per heavy atom. The fourth-order valence-corrected chi connectivity index (χ4v) is 3.97. The maximum Gasteiger partial charge on any atom is 0.319 e. The topological polar surface area (TPSA) is 73.1 Å². The molecule has 152 valence electrons. The van der Waals surface area contributed by atoms with E-state index < -0.39 is 0 Å². The lowest BCUT2D eigenvalue weighted by Crippen LogP contribution is -2.46. The van der Waals surface area contributed by atoms with Crippen LogP contribution in [-0.2, 0) is 0 Å². The lowest BCUT2D eigenvalue weighted by molar-refractivity contribution is 0.153. The van der Waals surface area contributed by atoms with E-state index in [-0.39, 0.29) is 18.1 Å². The normalized spacial score (nSPS) is 20.1. The van der Waals surface area contributed by atoms with E-state index in [9.17, 15) is 4.79 Å². The molecule has 29 heavy (non-hydrogen) atoms. The molecule has 1 fully saturated rings. The summed E-state index contributed by atoms with van der Waals surface area (Å²) in [6, 6.07) is 16.2. The monoisotopic (exact) mass is 391 g/mol. The second-order valence-corrected chi connectivity index (χ2v) is 8.23. The van der Waals surface area contributed by atoms with E-state index in [2.05, 4.69) is 53.5 Å². The predicted molar refractivity (Wildman–Crippen MR) is 117 cm³/mol. The van der Waals surface area contributed by atoms with E-state index in [4.69, 9.17) is 4.98 Å². The van der Waals surface area contributed by atoms with Gasteiger partial charge >= 0.3 is 6.03 Å². The summed E-state index contributed by atoms with van der Waals surface area (Å²) in [6.07, 6.45) is 1.75. The van der Waals surface area contributed by atoms with Crippen LogP contribution in [0.15, 0.2) is 48.5 Å². The van der Waals surface area contributed by atoms with Crippen LogP contribution in [0.5, 0.6) is 0 Å². The molecule has 6 heteroatoms. The Morgan fingerprint density at radius 3 is 2.66 bits per heavy atom. The summed E-state index contributed by atoms with van der Waals surface area (Å²) in [5, 5.41) is 6.10. The van der Waals surface area contributed by atoms with Crippen molar-refractivity contribution in [3.05, 3.63) is 59.9 Å². The van der Waals surface area contributed by atoms with Crippen molar-refractivity contribution < 1.29 is 4.79 Å². The number of carbonyl (C=O) groups is 1. The van der Waals surface area contributed by atoms with Crippen molar-refractivity contribution >= 4 is 22.8 Å². The maximum absolute atomic E-state index is 12.5. The number of hydrogen-bond acceptors (Lipinski definition) is 3. The zero-order chi connectivity index (χ0) is 20.4. The molecule has 0 unspecified atom stereocenters. The summed E-state index contributed by atoms with van der Waals surface area (Å²) in [5.41, 5.74) is 4.11. The summed E-state index contributed by atoms with van der Waals surface area (Å²) < 4.78 is 0. The van der Waals surface area contributed by atoms with Gasteiger partial charge in [0, 0.05) is 18.3 Å². The van der Waals surface area contributed by atoms with Gasteiger partial charge in [-0.25, -0.2) is 9.78 Å². The number of amides is 2. The van der Waals surface area contributed by atoms with Gasteiger partial charge in [-0.15, -0.1) is 0 Å². The number of carbonyl (C=O) groups excluding carboxylic acids is 1. The zero-order valence-electron chi connectivity index (χ0n) is 17.3. The number of likely N-dealkylation sites (tertiary alicyclic amines) is 1. The minimum Gasteiger partial charge on any atom is -0.341 e. The molecule has 0 radical (unpaired) electrons. The summed E-state index contributed by atoms with van der Waals surface area (Å²) in [5.74, 6) is 1.44. The van der Waals surface area contributed by atoms with Gasteiger partial charge in [-0.1, -0.05) is 38.1 Å². The van der Waals surface area contributed by atoms with Crippen LogP contribution in [0.4, 0.5) is 10.5 Å². The molecule has 3 aromatic rings. The number of piperidine rings is 1. The third-order valence-corrected chi connectivity index (χ3v) is 5.76. The Kier molecular flexibility index (Phi) is 5.53. The third kappa shape index (κ3) is 4.43. The Balaban J connectivity index is 1.39. The molecule has 6 nitrogen and oxygen atoms in total. The zero-order valence-corrected chi connectivity index (χ0v) is 17.3. The molecule has 2 heterocycles. The van der Waals surface area contributed by atoms with Gasteiger partial charge in [0.1, 0.15) is 5.82 Å². The average Bonchev–Trinajstić information content (AvgIpc) is 3.14. The largest absolute Gasteiger partial charge is 0.341 e. The number of nitrogens with one attached hydrogen (secondary N) is 3. The second-order valence-electron chi connectivity index (χ2n) is 8.23. The van der Waals surface area contributed by atoms with Crippen LogP contribution in [0.3, 0.4) is 0 Å². The molecule has 2 atom stereocenters. The fraction of sp³-hybridized carbons (Fsp3) is 0.391. The van der Waals surface area contributed by atoms with Crippen molar-refractivity contribution in [2.24, 2.45) is 0 Å². The van der Waals surface area contributed by atoms with Gasteiger partial charge in [0.15, 0.2) is 0 Å². The first-order chi connectivity index (χ1) is 14.0. The highest BCUT2D eigenvalue weighted by Crippen LogP contribution is 2.29. The number of H-pyrrole nitrogens is 1. The third-order valence-electron chi connectivity index (χ3n) is 5.76. The average molecular weight is 392 g/mol. The molecule has 2 aromatic carbocycles. The molecule has 1 aromatic heterocycles. The highest BCUT2D eigenvalue weighted by atomic mass is 16.2. The standard InChI is InChI=1S/C23H29N5O/c1-15(2)16-8-10-17(11-9-16)24-23(29)25-18-12-13-28(3)21(14-18)22-26-19-6-4-5-7-20(19)27-22/h4-11,15,18,21H,12-14H2,1-3H3,(H,26,27)(H2,24,25,29)/t18-,21-/m1/s1. The van der Waals surface area contributed by atoms with Crippen LogP contribution in [-0.4, -0.2) is 40.5 Å². The van der Waals surface area contributed by atoms with Crippen LogP contribution >= 0.6 is 0 Å². The summed E-state index contributed by atoms with van der Waals surface area (Å²) >= 11 is 0. The molecule has 4 rings (SSSR count). The minimum atomic E-state index is -0.153. The van der Waals surface area contributed by atoms with E-state index in [0.717, 1.165) is 41.9 Å². The molecule has 2 amide bonds. The number of nitrogens with zero attached hydrogens (tertiary/aromatic N) is 2. The number of para-hydroxylation sites is 2. The molecular formula is C23H29N5O. The van der Waals surface area contributed by atoms with E-state index in [1.807, 2.05) is 36.4 Å². The van der Waals surface area contributed by atoms with Gasteiger partial charge < -0.3 is 15.6 Å². The van der Waals surface area contributed by atoms with E-state index in [0.29, 0.717) is 5.92 Å². The summed E-state index contributed by atoms with van der Waals surface area (Å²) in [7, 11) is 2.12. The second kappa shape index (κ2) is 8.25.